The number of carbonyl (C=O) groups is 2. The van der Waals surface area contributed by atoms with Gasteiger partial charge in [-0.2, -0.15) is 13.2 Å². The van der Waals surface area contributed by atoms with Crippen molar-refractivity contribution in [2.75, 3.05) is 57.3 Å². The molecular weight excluding hydrogens is 607 g/mol. The Hall–Kier alpha value is -3.74. The predicted molar refractivity (Wildman–Crippen MR) is 165 cm³/mol. The summed E-state index contributed by atoms with van der Waals surface area (Å²) in [5, 5.41) is 0. The number of piperazine rings is 1. The molecule has 1 saturated heterocycles. The molecule has 3 aromatic carbocycles. The quantitative estimate of drug-likeness (QED) is 0.178. The molecule has 0 N–H and O–H groups in total. The van der Waals surface area contributed by atoms with Gasteiger partial charge in [0.1, 0.15) is 6.61 Å². The Morgan fingerprint density at radius 2 is 1.49 bits per heavy atom. The Morgan fingerprint density at radius 3 is 2.20 bits per heavy atom. The number of para-hydroxylation sites is 3. The van der Waals surface area contributed by atoms with Gasteiger partial charge in [-0.1, -0.05) is 36.0 Å². The molecule has 12 heteroatoms. The van der Waals surface area contributed by atoms with Gasteiger partial charge in [0.25, 0.3) is 0 Å². The number of benzene rings is 3. The van der Waals surface area contributed by atoms with Crippen LogP contribution in [0.5, 0.6) is 11.5 Å². The van der Waals surface area contributed by atoms with Gasteiger partial charge in [0.05, 0.1) is 16.9 Å². The van der Waals surface area contributed by atoms with E-state index in [1.54, 1.807) is 37.3 Å². The molecule has 2 heterocycles. The van der Waals surface area contributed by atoms with E-state index in [0.717, 1.165) is 60.7 Å². The lowest BCUT2D eigenvalue weighted by Gasteiger charge is -2.36. The lowest BCUT2D eigenvalue weighted by Crippen LogP contribution is -2.48. The van der Waals surface area contributed by atoms with Crippen LogP contribution in [0.4, 0.5) is 24.5 Å². The predicted octanol–water partition coefficient (Wildman–Crippen LogP) is 6.25. The van der Waals surface area contributed by atoms with Crippen LogP contribution in [0.3, 0.4) is 0 Å². The Balaban J connectivity index is 1.06. The average molecular weight is 644 g/mol. The summed E-state index contributed by atoms with van der Waals surface area (Å²) in [6.07, 6.45) is -4.48. The van der Waals surface area contributed by atoms with Gasteiger partial charge in [-0.25, -0.2) is 4.79 Å². The van der Waals surface area contributed by atoms with Crippen molar-refractivity contribution in [3.63, 3.8) is 0 Å². The summed E-state index contributed by atoms with van der Waals surface area (Å²) in [7, 11) is 0. The molecule has 0 amide bonds. The zero-order chi connectivity index (χ0) is 32.0. The van der Waals surface area contributed by atoms with Crippen LogP contribution in [0.15, 0.2) is 76.5 Å². The van der Waals surface area contributed by atoms with Crippen LogP contribution in [-0.2, 0) is 20.5 Å². The first kappa shape index (κ1) is 32.6. The minimum Gasteiger partial charge on any atom is -0.475 e. The molecule has 8 nitrogen and oxygen atoms in total. The normalized spacial score (nSPS) is 16.0. The van der Waals surface area contributed by atoms with Crippen molar-refractivity contribution in [2.45, 2.75) is 42.3 Å². The molecule has 5 rings (SSSR count). The highest BCUT2D eigenvalue weighted by atomic mass is 32.2. The van der Waals surface area contributed by atoms with Crippen molar-refractivity contribution in [1.82, 2.24) is 9.80 Å². The summed E-state index contributed by atoms with van der Waals surface area (Å²) in [5.41, 5.74) is 0.892. The first-order valence-electron chi connectivity index (χ1n) is 14.9. The van der Waals surface area contributed by atoms with Gasteiger partial charge in [0, 0.05) is 56.0 Å². The molecule has 45 heavy (non-hydrogen) atoms. The molecule has 2 aliphatic rings. The highest BCUT2D eigenvalue weighted by Crippen LogP contribution is 2.49. The Morgan fingerprint density at radius 1 is 0.844 bits per heavy atom. The maximum Gasteiger partial charge on any atom is 0.416 e. The number of ether oxygens (including phenoxy) is 3. The molecule has 2 aliphatic heterocycles. The molecule has 0 saturated carbocycles. The second-order valence-electron chi connectivity index (χ2n) is 10.9. The largest absolute Gasteiger partial charge is 0.475 e. The third-order valence-electron chi connectivity index (χ3n) is 7.66. The number of alkyl halides is 3. The molecule has 0 bridgehead atoms. The van der Waals surface area contributed by atoms with Gasteiger partial charge in [0.15, 0.2) is 17.6 Å². The molecule has 1 unspecified atom stereocenters. The van der Waals surface area contributed by atoms with Crippen molar-refractivity contribution in [3.8, 4) is 11.5 Å². The number of nitrogens with zero attached hydrogens (tertiary/aromatic N) is 3. The summed E-state index contributed by atoms with van der Waals surface area (Å²) in [4.78, 5) is 32.3. The average Bonchev–Trinajstić information content (AvgIpc) is 3.01. The Labute approximate surface area is 265 Å². The molecule has 0 aromatic heterocycles. The summed E-state index contributed by atoms with van der Waals surface area (Å²) < 4.78 is 56.8. The standard InChI is InChI=1S/C33H36F3N3O5S/c1-23(43-28-9-4-5-10-29(28)44-24(2)40)32(41)42-21-20-38-18-16-37(17-19-38)14-7-15-39-26-8-3-6-11-30(26)45-31-13-12-25(22-27(31)39)33(34,35)36/h3-6,8-13,22-23H,7,14-21H2,1-2H3. The lowest BCUT2D eigenvalue weighted by molar-refractivity contribution is -0.151. The number of anilines is 2. The second kappa shape index (κ2) is 14.6. The van der Waals surface area contributed by atoms with E-state index in [-0.39, 0.29) is 18.1 Å². The highest BCUT2D eigenvalue weighted by molar-refractivity contribution is 7.99. The molecule has 240 valence electrons. The van der Waals surface area contributed by atoms with E-state index in [2.05, 4.69) is 9.80 Å². The molecule has 3 aromatic rings. The zero-order valence-electron chi connectivity index (χ0n) is 25.2. The number of hydrogen-bond acceptors (Lipinski definition) is 9. The van der Waals surface area contributed by atoms with Crippen LogP contribution in [0.1, 0.15) is 25.8 Å². The molecule has 1 atom stereocenters. The fourth-order valence-corrected chi connectivity index (χ4v) is 6.43. The van der Waals surface area contributed by atoms with E-state index in [0.29, 0.717) is 18.8 Å². The number of fused-ring (bicyclic) bond motifs is 2. The topological polar surface area (TPSA) is 71.5 Å². The lowest BCUT2D eigenvalue weighted by atomic mass is 10.1. The zero-order valence-corrected chi connectivity index (χ0v) is 26.0. The maximum absolute atomic E-state index is 13.5. The number of esters is 2. The van der Waals surface area contributed by atoms with Gasteiger partial charge in [-0.3, -0.25) is 9.69 Å². The van der Waals surface area contributed by atoms with Crippen LogP contribution in [0.25, 0.3) is 0 Å². The first-order chi connectivity index (χ1) is 21.6. The van der Waals surface area contributed by atoms with Crippen molar-refractivity contribution >= 4 is 35.1 Å². The van der Waals surface area contributed by atoms with Gasteiger partial charge in [0.2, 0.25) is 0 Å². The smallest absolute Gasteiger partial charge is 0.416 e. The highest BCUT2D eigenvalue weighted by Gasteiger charge is 2.33. The van der Waals surface area contributed by atoms with E-state index in [9.17, 15) is 22.8 Å². The van der Waals surface area contributed by atoms with E-state index < -0.39 is 29.8 Å². The van der Waals surface area contributed by atoms with Crippen molar-refractivity contribution in [3.05, 3.63) is 72.3 Å². The van der Waals surface area contributed by atoms with E-state index >= 15 is 0 Å². The number of hydrogen-bond donors (Lipinski definition) is 0. The molecule has 0 spiro atoms. The number of halogens is 3. The van der Waals surface area contributed by atoms with Crippen LogP contribution in [0.2, 0.25) is 0 Å². The summed E-state index contributed by atoms with van der Waals surface area (Å²) in [6.45, 7) is 8.46. The fourth-order valence-electron chi connectivity index (χ4n) is 5.35. The van der Waals surface area contributed by atoms with Gasteiger partial charge < -0.3 is 24.0 Å². The van der Waals surface area contributed by atoms with E-state index in [4.69, 9.17) is 14.2 Å². The monoisotopic (exact) mass is 643 g/mol. The Bertz CT molecular complexity index is 1500. The van der Waals surface area contributed by atoms with Gasteiger partial charge in [-0.05, 0) is 62.4 Å². The second-order valence-corrected chi connectivity index (χ2v) is 12.0. The molecule has 0 aliphatic carbocycles. The fraction of sp³-hybridized carbons (Fsp3) is 0.394. The summed E-state index contributed by atoms with van der Waals surface area (Å²) in [6, 6.07) is 18.4. The third-order valence-corrected chi connectivity index (χ3v) is 8.79. The minimum absolute atomic E-state index is 0.226. The number of rotatable bonds is 11. The molecule has 1 fully saturated rings. The van der Waals surface area contributed by atoms with Crippen LogP contribution in [0, 0.1) is 0 Å². The molecule has 0 radical (unpaired) electrons. The summed E-state index contributed by atoms with van der Waals surface area (Å²) >= 11 is 1.50. The van der Waals surface area contributed by atoms with E-state index in [1.807, 2.05) is 29.2 Å². The van der Waals surface area contributed by atoms with Gasteiger partial charge >= 0.3 is 18.1 Å². The van der Waals surface area contributed by atoms with Gasteiger partial charge in [-0.15, -0.1) is 0 Å². The van der Waals surface area contributed by atoms with Crippen LogP contribution < -0.4 is 14.4 Å². The SMILES string of the molecule is CC(=O)Oc1ccccc1OC(C)C(=O)OCCN1CCN(CCCN2c3ccccc3Sc3ccc(C(F)(F)F)cc32)CC1. The van der Waals surface area contributed by atoms with Crippen molar-refractivity contribution in [1.29, 1.82) is 0 Å². The summed E-state index contributed by atoms with van der Waals surface area (Å²) in [5.74, 6) is -0.468. The van der Waals surface area contributed by atoms with E-state index in [1.165, 1.54) is 24.8 Å². The van der Waals surface area contributed by atoms with Crippen molar-refractivity contribution in [2.24, 2.45) is 0 Å². The maximum atomic E-state index is 13.5. The minimum atomic E-state index is -4.40. The Kier molecular flexibility index (Phi) is 10.6. The first-order valence-corrected chi connectivity index (χ1v) is 15.7. The van der Waals surface area contributed by atoms with Crippen LogP contribution >= 0.6 is 11.8 Å². The molecular formula is C33H36F3N3O5S. The van der Waals surface area contributed by atoms with Crippen molar-refractivity contribution < 1.29 is 37.0 Å². The number of carbonyl (C=O) groups excluding carboxylic acids is 2. The third kappa shape index (κ3) is 8.50. The van der Waals surface area contributed by atoms with Crippen LogP contribution in [-0.4, -0.2) is 80.3 Å².